The van der Waals surface area contributed by atoms with Crippen molar-refractivity contribution in [3.8, 4) is 0 Å². The Balaban J connectivity index is 2.09. The highest BCUT2D eigenvalue weighted by atomic mass is 79.9. The minimum absolute atomic E-state index is 0.558. The summed E-state index contributed by atoms with van der Waals surface area (Å²) in [6.45, 7) is 2.64. The van der Waals surface area contributed by atoms with E-state index in [0.29, 0.717) is 5.92 Å². The lowest BCUT2D eigenvalue weighted by molar-refractivity contribution is 0.0576. The Morgan fingerprint density at radius 3 is 3.06 bits per heavy atom. The van der Waals surface area contributed by atoms with Gasteiger partial charge in [-0.2, -0.15) is 0 Å². The molecule has 0 saturated carbocycles. The van der Waals surface area contributed by atoms with Crippen LogP contribution in [0, 0.1) is 5.92 Å². The fraction of sp³-hybridized carbons (Fsp3) is 0.500. The Hall–Kier alpha value is -0.870. The number of hydrogen-bond donors (Lipinski definition) is 0. The van der Waals surface area contributed by atoms with Gasteiger partial charge in [-0.25, -0.2) is 0 Å². The second kappa shape index (κ2) is 6.34. The molecule has 0 amide bonds. The van der Waals surface area contributed by atoms with E-state index in [1.165, 1.54) is 6.42 Å². The lowest BCUT2D eigenvalue weighted by Crippen LogP contribution is -2.31. The Bertz CT molecular complexity index is 416. The van der Waals surface area contributed by atoms with E-state index in [1.807, 2.05) is 25.2 Å². The van der Waals surface area contributed by atoms with E-state index < -0.39 is 0 Å². The standard InChI is InChI=1S/C14H18BrNO2/c1-16(8-11-3-2-6-18-10-11)14-7-13(15)5-4-12(14)9-17/h4-5,7,9,11H,2-3,6,8,10H2,1H3. The lowest BCUT2D eigenvalue weighted by Gasteiger charge is -2.29. The molecule has 1 fully saturated rings. The van der Waals surface area contributed by atoms with Crippen molar-refractivity contribution in [3.63, 3.8) is 0 Å². The summed E-state index contributed by atoms with van der Waals surface area (Å²) in [7, 11) is 2.03. The van der Waals surface area contributed by atoms with Crippen LogP contribution in [0.5, 0.6) is 0 Å². The van der Waals surface area contributed by atoms with Crippen LogP contribution in [0.4, 0.5) is 5.69 Å². The van der Waals surface area contributed by atoms with Crippen LogP contribution in [-0.2, 0) is 4.74 Å². The smallest absolute Gasteiger partial charge is 0.152 e. The molecular weight excluding hydrogens is 294 g/mol. The van der Waals surface area contributed by atoms with Crippen molar-refractivity contribution in [1.82, 2.24) is 0 Å². The van der Waals surface area contributed by atoms with Gasteiger partial charge >= 0.3 is 0 Å². The van der Waals surface area contributed by atoms with Gasteiger partial charge in [-0.1, -0.05) is 15.9 Å². The van der Waals surface area contributed by atoms with Gasteiger partial charge < -0.3 is 9.64 Å². The number of anilines is 1. The van der Waals surface area contributed by atoms with Crippen LogP contribution in [0.15, 0.2) is 22.7 Å². The zero-order valence-electron chi connectivity index (χ0n) is 10.6. The highest BCUT2D eigenvalue weighted by molar-refractivity contribution is 9.10. The third-order valence-electron chi connectivity index (χ3n) is 3.32. The maximum atomic E-state index is 11.1. The van der Waals surface area contributed by atoms with Crippen LogP contribution in [-0.4, -0.2) is 33.1 Å². The quantitative estimate of drug-likeness (QED) is 0.800. The molecule has 1 unspecified atom stereocenters. The van der Waals surface area contributed by atoms with Crippen molar-refractivity contribution >= 4 is 27.9 Å². The van der Waals surface area contributed by atoms with Crippen LogP contribution in [0.3, 0.4) is 0 Å². The number of hydrogen-bond acceptors (Lipinski definition) is 3. The molecule has 0 N–H and O–H groups in total. The van der Waals surface area contributed by atoms with E-state index in [9.17, 15) is 4.79 Å². The summed E-state index contributed by atoms with van der Waals surface area (Å²) < 4.78 is 6.49. The first-order valence-electron chi connectivity index (χ1n) is 6.24. The molecule has 0 aliphatic carbocycles. The zero-order valence-corrected chi connectivity index (χ0v) is 12.1. The fourth-order valence-corrected chi connectivity index (χ4v) is 2.73. The lowest BCUT2D eigenvalue weighted by atomic mass is 10.0. The van der Waals surface area contributed by atoms with Gasteiger partial charge in [0.15, 0.2) is 6.29 Å². The predicted molar refractivity (Wildman–Crippen MR) is 76.3 cm³/mol. The van der Waals surface area contributed by atoms with Crippen LogP contribution < -0.4 is 4.90 Å². The SMILES string of the molecule is CN(CC1CCCOC1)c1cc(Br)ccc1C=O. The number of rotatable bonds is 4. The van der Waals surface area contributed by atoms with Crippen molar-refractivity contribution in [2.45, 2.75) is 12.8 Å². The number of nitrogens with zero attached hydrogens (tertiary/aromatic N) is 1. The molecule has 1 aromatic rings. The van der Waals surface area contributed by atoms with Gasteiger partial charge in [-0.3, -0.25) is 4.79 Å². The van der Waals surface area contributed by atoms with Crippen LogP contribution >= 0.6 is 15.9 Å². The average Bonchev–Trinajstić information content (AvgIpc) is 2.40. The van der Waals surface area contributed by atoms with E-state index in [2.05, 4.69) is 20.8 Å². The number of aldehydes is 1. The normalized spacial score (nSPS) is 19.6. The number of halogens is 1. The summed E-state index contributed by atoms with van der Waals surface area (Å²) >= 11 is 3.45. The largest absolute Gasteiger partial charge is 0.381 e. The molecule has 1 atom stereocenters. The molecule has 1 aromatic carbocycles. The maximum Gasteiger partial charge on any atom is 0.152 e. The fourth-order valence-electron chi connectivity index (χ4n) is 2.38. The van der Waals surface area contributed by atoms with E-state index >= 15 is 0 Å². The predicted octanol–water partition coefficient (Wildman–Crippen LogP) is 3.12. The number of ether oxygens (including phenoxy) is 1. The Labute approximate surface area is 116 Å². The van der Waals surface area contributed by atoms with Gasteiger partial charge in [0.25, 0.3) is 0 Å². The molecule has 3 nitrogen and oxygen atoms in total. The summed E-state index contributed by atoms with van der Waals surface area (Å²) in [6, 6.07) is 5.73. The zero-order chi connectivity index (χ0) is 13.0. The Morgan fingerprint density at radius 2 is 2.39 bits per heavy atom. The van der Waals surface area contributed by atoms with Gasteiger partial charge in [0.1, 0.15) is 0 Å². The second-order valence-electron chi connectivity index (χ2n) is 4.78. The average molecular weight is 312 g/mol. The topological polar surface area (TPSA) is 29.5 Å². The molecule has 1 aliphatic heterocycles. The van der Waals surface area contributed by atoms with Gasteiger partial charge in [0.2, 0.25) is 0 Å². The van der Waals surface area contributed by atoms with Crippen molar-refractivity contribution in [1.29, 1.82) is 0 Å². The molecule has 1 aliphatic rings. The van der Waals surface area contributed by atoms with E-state index in [1.54, 1.807) is 0 Å². The molecule has 4 heteroatoms. The van der Waals surface area contributed by atoms with Crippen LogP contribution in [0.2, 0.25) is 0 Å². The minimum Gasteiger partial charge on any atom is -0.381 e. The minimum atomic E-state index is 0.558. The molecule has 0 aromatic heterocycles. The highest BCUT2D eigenvalue weighted by Crippen LogP contribution is 2.25. The van der Waals surface area contributed by atoms with E-state index in [0.717, 1.165) is 48.2 Å². The molecule has 98 valence electrons. The van der Waals surface area contributed by atoms with Gasteiger partial charge in [0, 0.05) is 35.9 Å². The summed E-state index contributed by atoms with van der Waals surface area (Å²) in [6.07, 6.45) is 3.25. The molecule has 1 heterocycles. The summed E-state index contributed by atoms with van der Waals surface area (Å²) in [4.78, 5) is 13.2. The number of benzene rings is 1. The van der Waals surface area contributed by atoms with E-state index in [-0.39, 0.29) is 0 Å². The first kappa shape index (κ1) is 13.6. The third-order valence-corrected chi connectivity index (χ3v) is 3.81. The molecule has 2 rings (SSSR count). The van der Waals surface area contributed by atoms with Crippen molar-refractivity contribution in [3.05, 3.63) is 28.2 Å². The van der Waals surface area contributed by atoms with Crippen molar-refractivity contribution in [2.75, 3.05) is 31.7 Å². The third kappa shape index (κ3) is 3.33. The summed E-state index contributed by atoms with van der Waals surface area (Å²) in [5.41, 5.74) is 1.71. The van der Waals surface area contributed by atoms with Gasteiger partial charge in [0.05, 0.1) is 6.61 Å². The Morgan fingerprint density at radius 1 is 1.56 bits per heavy atom. The van der Waals surface area contributed by atoms with Gasteiger partial charge in [-0.15, -0.1) is 0 Å². The Kier molecular flexibility index (Phi) is 4.78. The number of carbonyl (C=O) groups excluding carboxylic acids is 1. The van der Waals surface area contributed by atoms with Crippen LogP contribution in [0.25, 0.3) is 0 Å². The van der Waals surface area contributed by atoms with Crippen LogP contribution in [0.1, 0.15) is 23.2 Å². The van der Waals surface area contributed by atoms with Gasteiger partial charge in [-0.05, 0) is 37.0 Å². The van der Waals surface area contributed by atoms with Crippen molar-refractivity contribution < 1.29 is 9.53 Å². The van der Waals surface area contributed by atoms with Crippen molar-refractivity contribution in [2.24, 2.45) is 5.92 Å². The molecule has 18 heavy (non-hydrogen) atoms. The maximum absolute atomic E-state index is 11.1. The molecule has 1 saturated heterocycles. The summed E-state index contributed by atoms with van der Waals surface area (Å²) in [5, 5.41) is 0. The monoisotopic (exact) mass is 311 g/mol. The first-order valence-corrected chi connectivity index (χ1v) is 7.03. The summed E-state index contributed by atoms with van der Waals surface area (Å²) in [5.74, 6) is 0.558. The molecule has 0 radical (unpaired) electrons. The highest BCUT2D eigenvalue weighted by Gasteiger charge is 2.17. The molecular formula is C14H18BrNO2. The number of carbonyl (C=O) groups is 1. The first-order chi connectivity index (χ1) is 8.70. The second-order valence-corrected chi connectivity index (χ2v) is 5.70. The molecule has 0 bridgehead atoms. The van der Waals surface area contributed by atoms with E-state index in [4.69, 9.17) is 4.74 Å². The molecule has 0 spiro atoms.